The fraction of sp³-hybridized carbons (Fsp3) is 0.467. The highest BCUT2D eigenvalue weighted by Gasteiger charge is 2.21. The first kappa shape index (κ1) is 15.2. The summed E-state index contributed by atoms with van der Waals surface area (Å²) in [6.07, 6.45) is 3.67. The number of anilines is 1. The first-order valence-electron chi connectivity index (χ1n) is 7.01. The Labute approximate surface area is 123 Å². The van der Waals surface area contributed by atoms with E-state index < -0.39 is 5.97 Å². The summed E-state index contributed by atoms with van der Waals surface area (Å²) >= 11 is 0. The maximum Gasteiger partial charge on any atom is 0.341 e. The van der Waals surface area contributed by atoms with Gasteiger partial charge in [-0.05, 0) is 43.0 Å². The van der Waals surface area contributed by atoms with Crippen molar-refractivity contribution in [2.75, 3.05) is 25.5 Å². The number of carboxylic acids is 1. The summed E-state index contributed by atoms with van der Waals surface area (Å²) in [5.41, 5.74) is 0.656. The molecule has 1 saturated carbocycles. The number of rotatable bonds is 6. The Morgan fingerprint density at radius 3 is 2.52 bits per heavy atom. The zero-order valence-electron chi connectivity index (χ0n) is 12.0. The van der Waals surface area contributed by atoms with Crippen LogP contribution in [-0.2, 0) is 4.79 Å². The number of carbonyl (C=O) groups excluding carboxylic acids is 1. The van der Waals surface area contributed by atoms with Gasteiger partial charge in [-0.3, -0.25) is 0 Å². The lowest BCUT2D eigenvalue weighted by molar-refractivity contribution is -0.139. The van der Waals surface area contributed by atoms with Gasteiger partial charge < -0.3 is 20.1 Å². The number of aliphatic carboxylic acids is 1. The number of urea groups is 1. The number of nitrogens with one attached hydrogen (secondary N) is 1. The Kier molecular flexibility index (Phi) is 5.03. The van der Waals surface area contributed by atoms with Gasteiger partial charge in [-0.2, -0.15) is 0 Å². The van der Waals surface area contributed by atoms with Crippen molar-refractivity contribution < 1.29 is 19.4 Å². The second kappa shape index (κ2) is 6.97. The van der Waals surface area contributed by atoms with Crippen molar-refractivity contribution in [3.8, 4) is 5.75 Å². The monoisotopic (exact) mass is 292 g/mol. The molecule has 2 rings (SSSR count). The first-order valence-corrected chi connectivity index (χ1v) is 7.01. The van der Waals surface area contributed by atoms with Crippen LogP contribution in [-0.4, -0.2) is 42.2 Å². The van der Waals surface area contributed by atoms with Gasteiger partial charge in [0.2, 0.25) is 0 Å². The molecule has 0 unspecified atom stereocenters. The van der Waals surface area contributed by atoms with Crippen molar-refractivity contribution in [3.05, 3.63) is 24.3 Å². The van der Waals surface area contributed by atoms with Crippen LogP contribution in [0.3, 0.4) is 0 Å². The zero-order chi connectivity index (χ0) is 15.2. The lowest BCUT2D eigenvalue weighted by atomic mass is 9.85. The van der Waals surface area contributed by atoms with E-state index in [4.69, 9.17) is 9.84 Å². The molecule has 2 amide bonds. The molecule has 1 aromatic carbocycles. The third-order valence-electron chi connectivity index (χ3n) is 3.57. The zero-order valence-corrected chi connectivity index (χ0v) is 12.0. The van der Waals surface area contributed by atoms with Gasteiger partial charge in [-0.25, -0.2) is 9.59 Å². The first-order chi connectivity index (χ1) is 10.0. The number of benzene rings is 1. The van der Waals surface area contributed by atoms with Crippen LogP contribution in [0, 0.1) is 5.92 Å². The largest absolute Gasteiger partial charge is 0.482 e. The van der Waals surface area contributed by atoms with E-state index in [0.717, 1.165) is 6.54 Å². The summed E-state index contributed by atoms with van der Waals surface area (Å²) in [5, 5.41) is 11.3. The van der Waals surface area contributed by atoms with Crippen LogP contribution in [0.2, 0.25) is 0 Å². The molecule has 21 heavy (non-hydrogen) atoms. The molecular formula is C15H20N2O4. The van der Waals surface area contributed by atoms with Crippen LogP contribution >= 0.6 is 0 Å². The van der Waals surface area contributed by atoms with E-state index in [1.54, 1.807) is 36.2 Å². The third kappa shape index (κ3) is 4.66. The molecule has 0 radical (unpaired) electrons. The molecule has 6 nitrogen and oxygen atoms in total. The molecule has 0 aliphatic heterocycles. The molecule has 1 aliphatic rings. The van der Waals surface area contributed by atoms with E-state index in [9.17, 15) is 9.59 Å². The highest BCUT2D eigenvalue weighted by Crippen LogP contribution is 2.26. The Morgan fingerprint density at radius 2 is 2.00 bits per heavy atom. The molecular weight excluding hydrogens is 272 g/mol. The van der Waals surface area contributed by atoms with Crippen molar-refractivity contribution in [1.82, 2.24) is 4.90 Å². The Balaban J connectivity index is 1.81. The number of carboxylic acid groups (broad SMARTS) is 1. The molecule has 0 spiro atoms. The van der Waals surface area contributed by atoms with E-state index in [2.05, 4.69) is 5.32 Å². The number of nitrogens with zero attached hydrogens (tertiary/aromatic N) is 1. The maximum absolute atomic E-state index is 12.0. The Hall–Kier alpha value is -2.24. The molecule has 0 saturated heterocycles. The van der Waals surface area contributed by atoms with Crippen LogP contribution in [0.5, 0.6) is 5.75 Å². The lowest BCUT2D eigenvalue weighted by Crippen LogP contribution is -2.37. The van der Waals surface area contributed by atoms with Gasteiger partial charge in [0.1, 0.15) is 5.75 Å². The summed E-state index contributed by atoms with van der Waals surface area (Å²) in [5.74, 6) is 0.0655. The molecule has 0 bridgehead atoms. The maximum atomic E-state index is 12.0. The second-order valence-corrected chi connectivity index (χ2v) is 5.31. The third-order valence-corrected chi connectivity index (χ3v) is 3.57. The molecule has 1 aromatic rings. The predicted octanol–water partition coefficient (Wildman–Crippen LogP) is 2.41. The molecule has 114 valence electrons. The number of ether oxygens (including phenoxy) is 1. The van der Waals surface area contributed by atoms with Crippen LogP contribution in [0.15, 0.2) is 24.3 Å². The fourth-order valence-corrected chi connectivity index (χ4v) is 2.14. The normalized spacial score (nSPS) is 14.1. The number of hydrogen-bond donors (Lipinski definition) is 2. The van der Waals surface area contributed by atoms with Gasteiger partial charge in [-0.1, -0.05) is 6.42 Å². The number of carbonyl (C=O) groups is 2. The average molecular weight is 292 g/mol. The van der Waals surface area contributed by atoms with Crippen molar-refractivity contribution in [1.29, 1.82) is 0 Å². The van der Waals surface area contributed by atoms with E-state index in [1.165, 1.54) is 19.3 Å². The summed E-state index contributed by atoms with van der Waals surface area (Å²) in [6, 6.07) is 6.49. The van der Waals surface area contributed by atoms with E-state index >= 15 is 0 Å². The molecule has 1 fully saturated rings. The molecule has 0 atom stereocenters. The highest BCUT2D eigenvalue weighted by atomic mass is 16.5. The summed E-state index contributed by atoms with van der Waals surface area (Å²) < 4.78 is 5.03. The minimum Gasteiger partial charge on any atom is -0.482 e. The quantitative estimate of drug-likeness (QED) is 0.844. The topological polar surface area (TPSA) is 78.9 Å². The standard InChI is InChI=1S/C15H20N2O4/c1-17(9-11-3-2-4-11)15(20)16-12-5-7-13(8-6-12)21-10-14(18)19/h5-8,11H,2-4,9-10H2,1H3,(H,16,20)(H,18,19). The van der Waals surface area contributed by atoms with Crippen molar-refractivity contribution >= 4 is 17.7 Å². The SMILES string of the molecule is CN(CC1CCC1)C(=O)Nc1ccc(OCC(=O)O)cc1. The smallest absolute Gasteiger partial charge is 0.341 e. The second-order valence-electron chi connectivity index (χ2n) is 5.31. The van der Waals surface area contributed by atoms with Crippen LogP contribution < -0.4 is 10.1 Å². The summed E-state index contributed by atoms with van der Waals surface area (Å²) in [7, 11) is 1.79. The molecule has 0 heterocycles. The molecule has 2 N–H and O–H groups in total. The van der Waals surface area contributed by atoms with Crippen molar-refractivity contribution in [3.63, 3.8) is 0 Å². The van der Waals surface area contributed by atoms with E-state index in [-0.39, 0.29) is 12.6 Å². The molecule has 0 aromatic heterocycles. The van der Waals surface area contributed by atoms with Gasteiger partial charge in [0, 0.05) is 19.3 Å². The predicted molar refractivity (Wildman–Crippen MR) is 78.6 cm³/mol. The highest BCUT2D eigenvalue weighted by molar-refractivity contribution is 5.89. The lowest BCUT2D eigenvalue weighted by Gasteiger charge is -2.30. The van der Waals surface area contributed by atoms with Crippen molar-refractivity contribution in [2.45, 2.75) is 19.3 Å². The Bertz CT molecular complexity index is 497. The van der Waals surface area contributed by atoms with Crippen LogP contribution in [0.1, 0.15) is 19.3 Å². The minimum absolute atomic E-state index is 0.138. The van der Waals surface area contributed by atoms with E-state index in [1.807, 2.05) is 0 Å². The minimum atomic E-state index is -1.02. The van der Waals surface area contributed by atoms with Gasteiger partial charge in [0.15, 0.2) is 6.61 Å². The van der Waals surface area contributed by atoms with Crippen LogP contribution in [0.4, 0.5) is 10.5 Å². The van der Waals surface area contributed by atoms with Gasteiger partial charge in [0.25, 0.3) is 0 Å². The Morgan fingerprint density at radius 1 is 1.33 bits per heavy atom. The number of hydrogen-bond acceptors (Lipinski definition) is 3. The molecule has 6 heteroatoms. The average Bonchev–Trinajstić information content (AvgIpc) is 2.41. The molecule has 1 aliphatic carbocycles. The summed E-state index contributed by atoms with van der Waals surface area (Å²) in [6.45, 7) is 0.404. The van der Waals surface area contributed by atoms with Gasteiger partial charge in [-0.15, -0.1) is 0 Å². The van der Waals surface area contributed by atoms with Gasteiger partial charge >= 0.3 is 12.0 Å². The summed E-state index contributed by atoms with van der Waals surface area (Å²) in [4.78, 5) is 24.1. The van der Waals surface area contributed by atoms with Crippen LogP contribution in [0.25, 0.3) is 0 Å². The van der Waals surface area contributed by atoms with Crippen molar-refractivity contribution in [2.24, 2.45) is 5.92 Å². The van der Waals surface area contributed by atoms with Gasteiger partial charge in [0.05, 0.1) is 0 Å². The number of amides is 2. The fourth-order valence-electron chi connectivity index (χ4n) is 2.14. The van der Waals surface area contributed by atoms with E-state index in [0.29, 0.717) is 17.4 Å².